The number of carbonyl (C=O) groups is 2. The number of amides is 1. The summed E-state index contributed by atoms with van der Waals surface area (Å²) in [6, 6.07) is 7.46. The van der Waals surface area contributed by atoms with Crippen molar-refractivity contribution in [3.8, 4) is 5.75 Å². The number of hydrogen-bond acceptors (Lipinski definition) is 5. The maximum Gasteiger partial charge on any atom is 0.341 e. The molecule has 2 rings (SSSR count). The Bertz CT molecular complexity index is 767. The highest BCUT2D eigenvalue weighted by molar-refractivity contribution is 7.16. The summed E-state index contributed by atoms with van der Waals surface area (Å²) in [6.45, 7) is 6.01. The number of carbonyl (C=O) groups excluding carboxylic acids is 2. The van der Waals surface area contributed by atoms with Gasteiger partial charge in [0.2, 0.25) is 5.91 Å². The fraction of sp³-hybridized carbons (Fsp3) is 0.368. The number of aryl methyl sites for hydroxylation is 2. The SMILES string of the molecule is CCOC(=O)c1cc(CC)sc1NC(=O)Cc1ccc(C)c(OC)c1. The summed E-state index contributed by atoms with van der Waals surface area (Å²) in [5.74, 6) is 0.161. The summed E-state index contributed by atoms with van der Waals surface area (Å²) in [7, 11) is 1.61. The molecular formula is C19H23NO4S. The molecule has 1 aromatic heterocycles. The van der Waals surface area contributed by atoms with Crippen molar-refractivity contribution in [2.45, 2.75) is 33.6 Å². The second-order valence-corrected chi connectivity index (χ2v) is 6.70. The molecule has 134 valence electrons. The molecule has 2 aromatic rings. The fourth-order valence-electron chi connectivity index (χ4n) is 2.40. The number of rotatable bonds is 7. The molecule has 0 radical (unpaired) electrons. The van der Waals surface area contributed by atoms with E-state index in [1.807, 2.05) is 32.0 Å². The van der Waals surface area contributed by atoms with Crippen LogP contribution < -0.4 is 10.1 Å². The number of nitrogens with one attached hydrogen (secondary N) is 1. The van der Waals surface area contributed by atoms with Gasteiger partial charge in [0, 0.05) is 4.88 Å². The Morgan fingerprint density at radius 1 is 1.20 bits per heavy atom. The Morgan fingerprint density at radius 2 is 1.96 bits per heavy atom. The van der Waals surface area contributed by atoms with Crippen molar-refractivity contribution in [2.75, 3.05) is 19.0 Å². The molecule has 0 atom stereocenters. The van der Waals surface area contributed by atoms with Crippen LogP contribution in [0.25, 0.3) is 0 Å². The molecule has 25 heavy (non-hydrogen) atoms. The second-order valence-electron chi connectivity index (χ2n) is 5.56. The van der Waals surface area contributed by atoms with Crippen LogP contribution >= 0.6 is 11.3 Å². The van der Waals surface area contributed by atoms with Crippen molar-refractivity contribution in [3.05, 3.63) is 45.8 Å². The number of anilines is 1. The van der Waals surface area contributed by atoms with Gasteiger partial charge in [-0.3, -0.25) is 4.79 Å². The van der Waals surface area contributed by atoms with Gasteiger partial charge in [0.05, 0.1) is 25.7 Å². The first-order chi connectivity index (χ1) is 12.0. The summed E-state index contributed by atoms with van der Waals surface area (Å²) in [4.78, 5) is 25.5. The van der Waals surface area contributed by atoms with Gasteiger partial charge in [-0.25, -0.2) is 4.79 Å². The summed E-state index contributed by atoms with van der Waals surface area (Å²) in [5, 5.41) is 3.38. The maximum atomic E-state index is 12.4. The van der Waals surface area contributed by atoms with E-state index >= 15 is 0 Å². The maximum absolute atomic E-state index is 12.4. The van der Waals surface area contributed by atoms with E-state index in [4.69, 9.17) is 9.47 Å². The number of hydrogen-bond donors (Lipinski definition) is 1. The van der Waals surface area contributed by atoms with E-state index in [1.54, 1.807) is 20.1 Å². The van der Waals surface area contributed by atoms with Crippen molar-refractivity contribution in [1.82, 2.24) is 0 Å². The van der Waals surface area contributed by atoms with Crippen molar-refractivity contribution >= 4 is 28.2 Å². The van der Waals surface area contributed by atoms with Gasteiger partial charge in [-0.1, -0.05) is 19.1 Å². The highest BCUT2D eigenvalue weighted by atomic mass is 32.1. The zero-order valence-corrected chi connectivity index (χ0v) is 15.8. The van der Waals surface area contributed by atoms with Gasteiger partial charge in [-0.15, -0.1) is 11.3 Å². The third-order valence-corrected chi connectivity index (χ3v) is 4.91. The van der Waals surface area contributed by atoms with Gasteiger partial charge >= 0.3 is 5.97 Å². The first kappa shape index (κ1) is 19.0. The average molecular weight is 361 g/mol. The van der Waals surface area contributed by atoms with Crippen LogP contribution in [0.5, 0.6) is 5.75 Å². The van der Waals surface area contributed by atoms with Crippen LogP contribution in [-0.4, -0.2) is 25.6 Å². The summed E-state index contributed by atoms with van der Waals surface area (Å²) < 4.78 is 10.4. The van der Waals surface area contributed by atoms with Gasteiger partial charge in [0.25, 0.3) is 0 Å². The predicted octanol–water partition coefficient (Wildman–Crippen LogP) is 3.99. The zero-order valence-electron chi connectivity index (χ0n) is 15.0. The molecule has 0 bridgehead atoms. The number of ether oxygens (including phenoxy) is 2. The molecule has 1 aromatic carbocycles. The molecule has 0 aliphatic rings. The number of thiophene rings is 1. The molecule has 0 spiro atoms. The van der Waals surface area contributed by atoms with Crippen molar-refractivity contribution < 1.29 is 19.1 Å². The van der Waals surface area contributed by atoms with E-state index in [-0.39, 0.29) is 12.3 Å². The second kappa shape index (κ2) is 8.67. The van der Waals surface area contributed by atoms with Crippen molar-refractivity contribution in [1.29, 1.82) is 0 Å². The number of esters is 1. The Kier molecular flexibility index (Phi) is 6.58. The van der Waals surface area contributed by atoms with Crippen LogP contribution in [0.1, 0.15) is 40.2 Å². The van der Waals surface area contributed by atoms with Crippen LogP contribution in [0.15, 0.2) is 24.3 Å². The van der Waals surface area contributed by atoms with Crippen LogP contribution in [0.2, 0.25) is 0 Å². The van der Waals surface area contributed by atoms with E-state index in [2.05, 4.69) is 5.32 Å². The molecule has 0 saturated carbocycles. The molecular weight excluding hydrogens is 338 g/mol. The molecule has 0 unspecified atom stereocenters. The third kappa shape index (κ3) is 4.82. The Balaban J connectivity index is 2.14. The van der Waals surface area contributed by atoms with E-state index in [0.717, 1.165) is 28.2 Å². The predicted molar refractivity (Wildman–Crippen MR) is 99.7 cm³/mol. The molecule has 5 nitrogen and oxygen atoms in total. The lowest BCUT2D eigenvalue weighted by molar-refractivity contribution is -0.115. The standard InChI is InChI=1S/C19H23NO4S/c1-5-14-11-15(19(22)24-6-2)18(25-14)20-17(21)10-13-8-7-12(3)16(9-13)23-4/h7-9,11H,5-6,10H2,1-4H3,(H,20,21). The van der Waals surface area contributed by atoms with E-state index in [9.17, 15) is 9.59 Å². The molecule has 0 saturated heterocycles. The van der Waals surface area contributed by atoms with Crippen LogP contribution in [0.3, 0.4) is 0 Å². The first-order valence-corrected chi connectivity index (χ1v) is 9.03. The number of benzene rings is 1. The summed E-state index contributed by atoms with van der Waals surface area (Å²) in [5.41, 5.74) is 2.28. The van der Waals surface area contributed by atoms with Crippen molar-refractivity contribution in [2.24, 2.45) is 0 Å². The normalized spacial score (nSPS) is 10.4. The molecule has 6 heteroatoms. The van der Waals surface area contributed by atoms with Gasteiger partial charge in [0.1, 0.15) is 10.8 Å². The minimum atomic E-state index is -0.411. The van der Waals surface area contributed by atoms with E-state index < -0.39 is 5.97 Å². The first-order valence-electron chi connectivity index (χ1n) is 8.21. The highest BCUT2D eigenvalue weighted by Gasteiger charge is 2.18. The molecule has 0 fully saturated rings. The van der Waals surface area contributed by atoms with Gasteiger partial charge in [-0.2, -0.15) is 0 Å². The third-order valence-electron chi connectivity index (χ3n) is 3.72. The highest BCUT2D eigenvalue weighted by Crippen LogP contribution is 2.29. The van der Waals surface area contributed by atoms with Crippen LogP contribution in [0, 0.1) is 6.92 Å². The summed E-state index contributed by atoms with van der Waals surface area (Å²) in [6.07, 6.45) is 1.00. The van der Waals surface area contributed by atoms with Crippen molar-refractivity contribution in [3.63, 3.8) is 0 Å². The molecule has 1 N–H and O–H groups in total. The molecule has 0 aliphatic carbocycles. The molecule has 1 heterocycles. The average Bonchev–Trinajstić information content (AvgIpc) is 2.99. The van der Waals surface area contributed by atoms with Crippen LogP contribution in [0.4, 0.5) is 5.00 Å². The fourth-order valence-corrected chi connectivity index (χ4v) is 3.40. The van der Waals surface area contributed by atoms with E-state index in [1.165, 1.54) is 11.3 Å². The quantitative estimate of drug-likeness (QED) is 0.758. The van der Waals surface area contributed by atoms with Gasteiger partial charge in [0.15, 0.2) is 0 Å². The van der Waals surface area contributed by atoms with Gasteiger partial charge in [-0.05, 0) is 43.5 Å². The minimum Gasteiger partial charge on any atom is -0.496 e. The van der Waals surface area contributed by atoms with Gasteiger partial charge < -0.3 is 14.8 Å². The monoisotopic (exact) mass is 361 g/mol. The Morgan fingerprint density at radius 3 is 2.60 bits per heavy atom. The van der Waals surface area contributed by atoms with E-state index in [0.29, 0.717) is 17.2 Å². The Labute approximate surface area is 152 Å². The molecule has 0 aliphatic heterocycles. The van der Waals surface area contributed by atoms with Crippen LogP contribution in [-0.2, 0) is 22.4 Å². The largest absolute Gasteiger partial charge is 0.496 e. The zero-order chi connectivity index (χ0) is 18.4. The lowest BCUT2D eigenvalue weighted by Crippen LogP contribution is -2.16. The minimum absolute atomic E-state index is 0.180. The Hall–Kier alpha value is -2.34. The lowest BCUT2D eigenvalue weighted by Gasteiger charge is -2.09. The smallest absolute Gasteiger partial charge is 0.341 e. The number of methoxy groups -OCH3 is 1. The topological polar surface area (TPSA) is 64.6 Å². The summed E-state index contributed by atoms with van der Waals surface area (Å²) >= 11 is 1.41. The lowest BCUT2D eigenvalue weighted by atomic mass is 10.1. The molecule has 1 amide bonds.